The summed E-state index contributed by atoms with van der Waals surface area (Å²) in [5, 5.41) is 0.935. The molecule has 0 bridgehead atoms. The molecule has 2 aromatic heterocycles. The Hall–Kier alpha value is -1.36. The number of aromatic nitrogens is 3. The minimum absolute atomic E-state index is 0.254. The molecule has 0 radical (unpaired) electrons. The molecule has 0 spiro atoms. The Labute approximate surface area is 237 Å². The van der Waals surface area contributed by atoms with E-state index in [1.165, 1.54) is 6.33 Å². The number of halogens is 2. The van der Waals surface area contributed by atoms with Gasteiger partial charge in [-0.05, 0) is 31.7 Å². The van der Waals surface area contributed by atoms with Gasteiger partial charge >= 0.3 is 0 Å². The van der Waals surface area contributed by atoms with Crippen LogP contribution in [0.4, 0.5) is 4.39 Å². The highest BCUT2D eigenvalue weighted by Gasteiger charge is 2.50. The minimum atomic E-state index is -1.56. The van der Waals surface area contributed by atoms with Crippen LogP contribution in [-0.2, 0) is 23.7 Å². The van der Waals surface area contributed by atoms with Crippen molar-refractivity contribution in [3.05, 3.63) is 23.7 Å². The first-order chi connectivity index (χ1) is 19.1. The Morgan fingerprint density at radius 2 is 1.44 bits per heavy atom. The molecule has 1 saturated heterocycles. The Balaban J connectivity index is 2.04. The van der Waals surface area contributed by atoms with E-state index < -0.39 is 36.8 Å². The van der Waals surface area contributed by atoms with Crippen molar-refractivity contribution in [2.75, 3.05) is 33.0 Å². The summed E-state index contributed by atoms with van der Waals surface area (Å²) in [7, 11) is 0. The van der Waals surface area contributed by atoms with E-state index in [1.807, 2.05) is 0 Å². The van der Waals surface area contributed by atoms with Gasteiger partial charge in [-0.25, -0.2) is 14.4 Å². The summed E-state index contributed by atoms with van der Waals surface area (Å²) in [6.45, 7) is 10.7. The lowest BCUT2D eigenvalue weighted by molar-refractivity contribution is -0.176. The molecule has 0 amide bonds. The molecule has 39 heavy (non-hydrogen) atoms. The highest BCUT2D eigenvalue weighted by atomic mass is 35.5. The van der Waals surface area contributed by atoms with Gasteiger partial charge in [-0.2, -0.15) is 0 Å². The van der Waals surface area contributed by atoms with Gasteiger partial charge in [0.15, 0.2) is 12.4 Å². The van der Waals surface area contributed by atoms with Crippen LogP contribution in [0.1, 0.15) is 85.3 Å². The molecular weight excluding hydrogens is 525 g/mol. The topological polar surface area (TPSA) is 76.9 Å². The minimum Gasteiger partial charge on any atom is -0.379 e. The Bertz CT molecular complexity index is 951. The SMILES string of the molecule is CCCCOC[C@H]1O[C@@H](n2ccc3c(Cl)ncnc32)[C@@H](F)[C@H](OCCCC)[C@@H](OCCCC)[C@@H]1OCCCC. The predicted molar refractivity (Wildman–Crippen MR) is 151 cm³/mol. The van der Waals surface area contributed by atoms with Crippen molar-refractivity contribution in [3.63, 3.8) is 0 Å². The first kappa shape index (κ1) is 32.2. The van der Waals surface area contributed by atoms with Crippen LogP contribution in [0.3, 0.4) is 0 Å². The molecule has 222 valence electrons. The van der Waals surface area contributed by atoms with Gasteiger partial charge in [0.25, 0.3) is 0 Å². The number of unbranched alkanes of at least 4 members (excludes halogenated alkanes) is 4. The lowest BCUT2D eigenvalue weighted by Gasteiger charge is -2.34. The summed E-state index contributed by atoms with van der Waals surface area (Å²) in [5.41, 5.74) is 0.495. The van der Waals surface area contributed by atoms with Crippen LogP contribution < -0.4 is 0 Å². The third-order valence-corrected chi connectivity index (χ3v) is 7.30. The Kier molecular flexibility index (Phi) is 14.4. The molecule has 0 unspecified atom stereocenters. The van der Waals surface area contributed by atoms with Crippen molar-refractivity contribution in [2.45, 2.75) is 116 Å². The average Bonchev–Trinajstić information content (AvgIpc) is 3.33. The number of ether oxygens (including phenoxy) is 5. The maximum Gasteiger partial charge on any atom is 0.174 e. The monoisotopic (exact) mass is 571 g/mol. The maximum atomic E-state index is 16.8. The third kappa shape index (κ3) is 8.81. The van der Waals surface area contributed by atoms with Gasteiger partial charge in [-0.15, -0.1) is 0 Å². The maximum absolute atomic E-state index is 16.8. The summed E-state index contributed by atoms with van der Waals surface area (Å²) >= 11 is 6.32. The second-order valence-corrected chi connectivity index (χ2v) is 10.5. The van der Waals surface area contributed by atoms with Gasteiger partial charge in [-0.1, -0.05) is 65.0 Å². The van der Waals surface area contributed by atoms with Crippen LogP contribution >= 0.6 is 11.6 Å². The summed E-state index contributed by atoms with van der Waals surface area (Å²) in [6, 6.07) is 1.78. The van der Waals surface area contributed by atoms with Crippen molar-refractivity contribution in [3.8, 4) is 0 Å². The molecule has 3 rings (SSSR count). The fourth-order valence-corrected chi connectivity index (χ4v) is 4.88. The molecule has 0 aliphatic carbocycles. The molecule has 2 aromatic rings. The highest BCUT2D eigenvalue weighted by molar-refractivity contribution is 6.33. The van der Waals surface area contributed by atoms with Crippen LogP contribution in [0, 0.1) is 0 Å². The zero-order chi connectivity index (χ0) is 28.0. The fourth-order valence-electron chi connectivity index (χ4n) is 4.69. The van der Waals surface area contributed by atoms with Crippen LogP contribution in [0.5, 0.6) is 0 Å². The van der Waals surface area contributed by atoms with Crippen LogP contribution in [0.2, 0.25) is 5.15 Å². The smallest absolute Gasteiger partial charge is 0.174 e. The Morgan fingerprint density at radius 1 is 0.846 bits per heavy atom. The molecule has 0 N–H and O–H groups in total. The van der Waals surface area contributed by atoms with E-state index in [-0.39, 0.29) is 6.61 Å². The zero-order valence-corrected chi connectivity index (χ0v) is 24.8. The summed E-state index contributed by atoms with van der Waals surface area (Å²) in [4.78, 5) is 8.47. The molecule has 8 nitrogen and oxygen atoms in total. The largest absolute Gasteiger partial charge is 0.379 e. The summed E-state index contributed by atoms with van der Waals surface area (Å²) in [5.74, 6) is 0. The lowest BCUT2D eigenvalue weighted by atomic mass is 10.00. The number of alkyl halides is 1. The van der Waals surface area contributed by atoms with E-state index in [0.29, 0.717) is 42.6 Å². The van der Waals surface area contributed by atoms with Crippen molar-refractivity contribution in [1.82, 2.24) is 14.5 Å². The van der Waals surface area contributed by atoms with E-state index in [4.69, 9.17) is 35.3 Å². The number of hydrogen-bond acceptors (Lipinski definition) is 7. The Morgan fingerprint density at radius 3 is 2.08 bits per heavy atom. The van der Waals surface area contributed by atoms with Gasteiger partial charge in [0.1, 0.15) is 41.5 Å². The molecule has 6 atom stereocenters. The molecule has 1 fully saturated rings. The molecule has 1 aliphatic heterocycles. The van der Waals surface area contributed by atoms with Crippen molar-refractivity contribution in [2.24, 2.45) is 0 Å². The van der Waals surface area contributed by atoms with Crippen LogP contribution in [0.15, 0.2) is 18.6 Å². The predicted octanol–water partition coefficient (Wildman–Crippen LogP) is 6.69. The van der Waals surface area contributed by atoms with Gasteiger partial charge in [0, 0.05) is 32.6 Å². The quantitative estimate of drug-likeness (QED) is 0.146. The van der Waals surface area contributed by atoms with Crippen molar-refractivity contribution < 1.29 is 28.1 Å². The molecule has 0 aromatic carbocycles. The molecule has 3 heterocycles. The number of fused-ring (bicyclic) bond motifs is 1. The van der Waals surface area contributed by atoms with Crippen molar-refractivity contribution in [1.29, 1.82) is 0 Å². The van der Waals surface area contributed by atoms with E-state index in [0.717, 1.165) is 51.4 Å². The zero-order valence-electron chi connectivity index (χ0n) is 24.0. The second-order valence-electron chi connectivity index (χ2n) is 10.1. The van der Waals surface area contributed by atoms with Gasteiger partial charge in [0.2, 0.25) is 0 Å². The van der Waals surface area contributed by atoms with E-state index in [9.17, 15) is 0 Å². The van der Waals surface area contributed by atoms with Crippen LogP contribution in [0.25, 0.3) is 11.0 Å². The molecule has 10 heteroatoms. The van der Waals surface area contributed by atoms with Gasteiger partial charge < -0.3 is 28.3 Å². The second kappa shape index (κ2) is 17.5. The van der Waals surface area contributed by atoms with E-state index >= 15 is 4.39 Å². The van der Waals surface area contributed by atoms with Gasteiger partial charge in [0.05, 0.1) is 12.0 Å². The fraction of sp³-hybridized carbons (Fsp3) is 0.793. The first-order valence-electron chi connectivity index (χ1n) is 14.8. The number of hydrogen-bond donors (Lipinski definition) is 0. The molecule has 1 aliphatic rings. The van der Waals surface area contributed by atoms with Gasteiger partial charge in [-0.3, -0.25) is 0 Å². The van der Waals surface area contributed by atoms with Crippen LogP contribution in [-0.4, -0.2) is 78.2 Å². The standard InChI is InChI=1S/C29H47ClFN3O5/c1-5-9-15-35-19-22-24(36-16-10-6-2)26(38-18-12-8-4)25(37-17-11-7-3)23(31)29(39-22)34-14-13-21-27(30)32-20-33-28(21)34/h13-14,20,22-26,29H,5-12,15-19H2,1-4H3/t22-,23+,24-,25+,26+,29-/m1/s1. The lowest BCUT2D eigenvalue weighted by Crippen LogP contribution is -2.51. The normalized spacial score (nSPS) is 25.8. The summed E-state index contributed by atoms with van der Waals surface area (Å²) < 4.78 is 50.2. The van der Waals surface area contributed by atoms with Crippen molar-refractivity contribution >= 4 is 22.6 Å². The first-order valence-corrected chi connectivity index (χ1v) is 15.1. The summed E-state index contributed by atoms with van der Waals surface area (Å²) in [6.07, 6.45) is 5.18. The highest BCUT2D eigenvalue weighted by Crippen LogP contribution is 2.37. The van der Waals surface area contributed by atoms with E-state index in [2.05, 4.69) is 37.7 Å². The van der Waals surface area contributed by atoms with E-state index in [1.54, 1.807) is 16.8 Å². The third-order valence-electron chi connectivity index (χ3n) is 7.00. The molecular formula is C29H47ClFN3O5. The average molecular weight is 572 g/mol. The number of nitrogens with zero attached hydrogens (tertiary/aromatic N) is 3. The molecule has 0 saturated carbocycles. The number of rotatable bonds is 18.